The normalized spacial score (nSPS) is 11.1. The second kappa shape index (κ2) is 3.69. The maximum atomic E-state index is 11.5. The Kier molecular flexibility index (Phi) is 2.78. The van der Waals surface area contributed by atoms with Crippen molar-refractivity contribution in [2.24, 2.45) is 0 Å². The molecule has 5 nitrogen and oxygen atoms in total. The number of carbonyl (C=O) groups excluding carboxylic acids is 1. The van der Waals surface area contributed by atoms with Crippen LogP contribution in [0, 0.1) is 0 Å². The van der Waals surface area contributed by atoms with E-state index in [9.17, 15) is 4.79 Å². The van der Waals surface area contributed by atoms with E-state index in [2.05, 4.69) is 5.10 Å². The van der Waals surface area contributed by atoms with E-state index in [1.54, 1.807) is 25.5 Å². The zero-order valence-electron chi connectivity index (χ0n) is 8.89. The Morgan fingerprint density at radius 2 is 2.14 bits per heavy atom. The maximum absolute atomic E-state index is 11.5. The Balaban J connectivity index is 2.63. The summed E-state index contributed by atoms with van der Waals surface area (Å²) in [5.74, 6) is 0. The van der Waals surface area contributed by atoms with E-state index in [1.165, 1.54) is 9.80 Å². The molecule has 0 saturated carbocycles. The quantitative estimate of drug-likeness (QED) is 0.683. The Labute approximate surface area is 83.2 Å². The van der Waals surface area contributed by atoms with Crippen LogP contribution in [0.25, 0.3) is 0 Å². The van der Waals surface area contributed by atoms with Crippen molar-refractivity contribution in [3.63, 3.8) is 0 Å². The van der Waals surface area contributed by atoms with Crippen LogP contribution in [0.15, 0.2) is 18.5 Å². The predicted molar refractivity (Wildman–Crippen MR) is 52.6 cm³/mol. The van der Waals surface area contributed by atoms with E-state index in [4.69, 9.17) is 4.74 Å². The molecule has 0 atom stereocenters. The molecule has 0 aromatic carbocycles. The lowest BCUT2D eigenvalue weighted by Crippen LogP contribution is -2.41. The first-order chi connectivity index (χ1) is 6.40. The molecule has 5 heteroatoms. The molecule has 0 aliphatic heterocycles. The molecule has 0 unspecified atom stereocenters. The highest BCUT2D eigenvalue weighted by atomic mass is 16.6. The van der Waals surface area contributed by atoms with E-state index in [1.807, 2.05) is 20.8 Å². The number of rotatable bonds is 1. The summed E-state index contributed by atoms with van der Waals surface area (Å²) in [6.07, 6.45) is 2.84. The van der Waals surface area contributed by atoms with Crippen molar-refractivity contribution in [1.82, 2.24) is 9.89 Å². The van der Waals surface area contributed by atoms with E-state index in [-0.39, 0.29) is 0 Å². The molecule has 1 aromatic heterocycles. The lowest BCUT2D eigenvalue weighted by Gasteiger charge is -2.24. The molecular weight excluding hydrogens is 182 g/mol. The van der Waals surface area contributed by atoms with Crippen LogP contribution in [0.5, 0.6) is 0 Å². The monoisotopic (exact) mass is 197 g/mol. The number of ether oxygens (including phenoxy) is 1. The van der Waals surface area contributed by atoms with Crippen LogP contribution in [-0.2, 0) is 4.74 Å². The van der Waals surface area contributed by atoms with Gasteiger partial charge in [-0.05, 0) is 26.8 Å². The first-order valence-electron chi connectivity index (χ1n) is 4.37. The summed E-state index contributed by atoms with van der Waals surface area (Å²) in [7, 11) is 1.60. The van der Waals surface area contributed by atoms with E-state index in [0.29, 0.717) is 0 Å². The second-order valence-electron chi connectivity index (χ2n) is 3.93. The largest absolute Gasteiger partial charge is 0.442 e. The summed E-state index contributed by atoms with van der Waals surface area (Å²) in [6, 6.07) is 1.74. The Hall–Kier alpha value is -1.52. The number of hydrogen-bond donors (Lipinski definition) is 0. The number of nitrogens with zero attached hydrogens (tertiary/aromatic N) is 3. The molecule has 0 saturated heterocycles. The third kappa shape index (κ3) is 2.76. The smallest absolute Gasteiger partial charge is 0.430 e. The van der Waals surface area contributed by atoms with Crippen LogP contribution in [-0.4, -0.2) is 28.6 Å². The lowest BCUT2D eigenvalue weighted by molar-refractivity contribution is 0.0544. The SMILES string of the molecule is CN(C(=O)OC(C)(C)C)n1cccn1. The van der Waals surface area contributed by atoms with Crippen LogP contribution in [0.4, 0.5) is 4.79 Å². The van der Waals surface area contributed by atoms with Crippen molar-refractivity contribution in [3.8, 4) is 0 Å². The summed E-state index contributed by atoms with van der Waals surface area (Å²) >= 11 is 0. The highest BCUT2D eigenvalue weighted by Gasteiger charge is 2.20. The zero-order valence-corrected chi connectivity index (χ0v) is 8.89. The average molecular weight is 197 g/mol. The highest BCUT2D eigenvalue weighted by molar-refractivity contribution is 5.78. The summed E-state index contributed by atoms with van der Waals surface area (Å²) < 4.78 is 5.15. The highest BCUT2D eigenvalue weighted by Crippen LogP contribution is 2.08. The number of carbonyl (C=O) groups is 1. The van der Waals surface area contributed by atoms with Gasteiger partial charge in [0.05, 0.1) is 6.20 Å². The Morgan fingerprint density at radius 1 is 1.50 bits per heavy atom. The topological polar surface area (TPSA) is 47.4 Å². The first kappa shape index (κ1) is 10.6. The van der Waals surface area contributed by atoms with Crippen LogP contribution in [0.2, 0.25) is 0 Å². The van der Waals surface area contributed by atoms with Crippen LogP contribution >= 0.6 is 0 Å². The van der Waals surface area contributed by atoms with Gasteiger partial charge in [-0.25, -0.2) is 9.80 Å². The van der Waals surface area contributed by atoms with Crippen LogP contribution in [0.1, 0.15) is 20.8 Å². The van der Waals surface area contributed by atoms with Gasteiger partial charge in [-0.3, -0.25) is 0 Å². The van der Waals surface area contributed by atoms with Gasteiger partial charge in [0.1, 0.15) is 5.60 Å². The van der Waals surface area contributed by atoms with Gasteiger partial charge in [-0.1, -0.05) is 0 Å². The zero-order chi connectivity index (χ0) is 10.8. The molecule has 0 aliphatic carbocycles. The van der Waals surface area contributed by atoms with Crippen molar-refractivity contribution >= 4 is 6.09 Å². The van der Waals surface area contributed by atoms with Gasteiger partial charge in [0.2, 0.25) is 0 Å². The minimum Gasteiger partial charge on any atom is -0.442 e. The van der Waals surface area contributed by atoms with Gasteiger partial charge in [-0.2, -0.15) is 9.89 Å². The van der Waals surface area contributed by atoms with Gasteiger partial charge < -0.3 is 4.74 Å². The molecule has 1 amide bonds. The van der Waals surface area contributed by atoms with Crippen molar-refractivity contribution in [1.29, 1.82) is 0 Å². The predicted octanol–water partition coefficient (Wildman–Crippen LogP) is 1.39. The van der Waals surface area contributed by atoms with Gasteiger partial charge in [0.25, 0.3) is 0 Å². The fourth-order valence-corrected chi connectivity index (χ4v) is 0.850. The third-order valence-corrected chi connectivity index (χ3v) is 1.46. The molecule has 0 fully saturated rings. The molecule has 1 rings (SSSR count). The van der Waals surface area contributed by atoms with Crippen molar-refractivity contribution < 1.29 is 9.53 Å². The molecule has 0 aliphatic rings. The number of hydrogen-bond acceptors (Lipinski definition) is 3. The molecule has 0 N–H and O–H groups in total. The molecule has 1 heterocycles. The number of amides is 1. The Bertz CT molecular complexity index is 300. The van der Waals surface area contributed by atoms with Crippen LogP contribution in [0.3, 0.4) is 0 Å². The fraction of sp³-hybridized carbons (Fsp3) is 0.556. The maximum Gasteiger partial charge on any atom is 0.430 e. The average Bonchev–Trinajstić information content (AvgIpc) is 2.51. The summed E-state index contributed by atoms with van der Waals surface area (Å²) in [6.45, 7) is 5.46. The van der Waals surface area contributed by atoms with Crippen molar-refractivity contribution in [3.05, 3.63) is 18.5 Å². The number of aromatic nitrogens is 2. The standard InChI is InChI=1S/C9H15N3O2/c1-9(2,3)14-8(13)11(4)12-7-5-6-10-12/h5-7H,1-4H3. The van der Waals surface area contributed by atoms with Gasteiger partial charge in [0, 0.05) is 13.2 Å². The molecule has 0 spiro atoms. The van der Waals surface area contributed by atoms with Crippen molar-refractivity contribution in [2.75, 3.05) is 12.1 Å². The summed E-state index contributed by atoms with van der Waals surface area (Å²) in [5, 5.41) is 5.21. The van der Waals surface area contributed by atoms with E-state index < -0.39 is 11.7 Å². The van der Waals surface area contributed by atoms with E-state index >= 15 is 0 Å². The van der Waals surface area contributed by atoms with Gasteiger partial charge >= 0.3 is 6.09 Å². The lowest BCUT2D eigenvalue weighted by atomic mass is 10.2. The van der Waals surface area contributed by atoms with Gasteiger partial charge in [-0.15, -0.1) is 0 Å². The first-order valence-corrected chi connectivity index (χ1v) is 4.37. The molecule has 0 radical (unpaired) electrons. The Morgan fingerprint density at radius 3 is 2.57 bits per heavy atom. The molecular formula is C9H15N3O2. The molecule has 78 valence electrons. The molecule has 1 aromatic rings. The van der Waals surface area contributed by atoms with E-state index in [0.717, 1.165) is 0 Å². The fourth-order valence-electron chi connectivity index (χ4n) is 0.850. The van der Waals surface area contributed by atoms with Crippen LogP contribution < -0.4 is 5.01 Å². The molecule has 0 bridgehead atoms. The third-order valence-electron chi connectivity index (χ3n) is 1.46. The minimum atomic E-state index is -0.488. The minimum absolute atomic E-state index is 0.429. The van der Waals surface area contributed by atoms with Crippen molar-refractivity contribution in [2.45, 2.75) is 26.4 Å². The second-order valence-corrected chi connectivity index (χ2v) is 3.93. The summed E-state index contributed by atoms with van der Waals surface area (Å²) in [4.78, 5) is 12.9. The van der Waals surface area contributed by atoms with Gasteiger partial charge in [0.15, 0.2) is 0 Å². The summed E-state index contributed by atoms with van der Waals surface area (Å²) in [5.41, 5.74) is -0.488. The molecule has 14 heavy (non-hydrogen) atoms.